The first-order valence-corrected chi connectivity index (χ1v) is 8.13. The number of fused-ring (bicyclic) bond motifs is 1. The molecule has 22 heavy (non-hydrogen) atoms. The van der Waals surface area contributed by atoms with E-state index in [1.165, 1.54) is 0 Å². The summed E-state index contributed by atoms with van der Waals surface area (Å²) >= 11 is 0. The molecule has 3 atom stereocenters. The Morgan fingerprint density at radius 3 is 2.68 bits per heavy atom. The van der Waals surface area contributed by atoms with Gasteiger partial charge in [-0.1, -0.05) is 18.2 Å². The summed E-state index contributed by atoms with van der Waals surface area (Å²) in [7, 11) is 1.76. The van der Waals surface area contributed by atoms with Crippen molar-refractivity contribution in [3.8, 4) is 0 Å². The fraction of sp³-hybridized carbons (Fsp3) is 0.611. The van der Waals surface area contributed by atoms with E-state index in [-0.39, 0.29) is 24.2 Å². The fourth-order valence-corrected chi connectivity index (χ4v) is 3.83. The van der Waals surface area contributed by atoms with Gasteiger partial charge in [0.25, 0.3) is 5.91 Å². The van der Waals surface area contributed by atoms with E-state index in [4.69, 9.17) is 9.47 Å². The quantitative estimate of drug-likeness (QED) is 0.843. The van der Waals surface area contributed by atoms with Gasteiger partial charge in [0, 0.05) is 19.2 Å². The van der Waals surface area contributed by atoms with Crippen LogP contribution in [0.3, 0.4) is 0 Å². The zero-order chi connectivity index (χ0) is 15.7. The van der Waals surface area contributed by atoms with E-state index in [2.05, 4.69) is 0 Å². The van der Waals surface area contributed by atoms with Crippen molar-refractivity contribution < 1.29 is 14.3 Å². The predicted octanol–water partition coefficient (Wildman–Crippen LogP) is 2.71. The van der Waals surface area contributed by atoms with Gasteiger partial charge >= 0.3 is 0 Å². The van der Waals surface area contributed by atoms with Crippen molar-refractivity contribution in [1.82, 2.24) is 4.90 Å². The van der Waals surface area contributed by atoms with E-state index in [9.17, 15) is 4.79 Å². The van der Waals surface area contributed by atoms with Crippen LogP contribution in [0.25, 0.3) is 0 Å². The number of carbonyl (C=O) groups excluding carboxylic acids is 1. The largest absolute Gasteiger partial charge is 0.381 e. The van der Waals surface area contributed by atoms with Gasteiger partial charge in [0.2, 0.25) is 0 Å². The number of benzene rings is 1. The molecule has 1 amide bonds. The molecule has 0 N–H and O–H groups in total. The third kappa shape index (κ3) is 2.77. The molecule has 1 heterocycles. The van der Waals surface area contributed by atoms with E-state index < -0.39 is 0 Å². The lowest BCUT2D eigenvalue weighted by Gasteiger charge is -2.45. The summed E-state index contributed by atoms with van der Waals surface area (Å²) < 4.78 is 11.4. The highest BCUT2D eigenvalue weighted by atomic mass is 16.5. The first-order chi connectivity index (χ1) is 10.6. The van der Waals surface area contributed by atoms with Gasteiger partial charge in [-0.15, -0.1) is 0 Å². The van der Waals surface area contributed by atoms with Gasteiger partial charge in [-0.2, -0.15) is 0 Å². The lowest BCUT2D eigenvalue weighted by molar-refractivity contribution is -0.101. The van der Waals surface area contributed by atoms with Crippen LogP contribution in [0.2, 0.25) is 0 Å². The molecule has 1 saturated heterocycles. The van der Waals surface area contributed by atoms with Crippen molar-refractivity contribution in [1.29, 1.82) is 0 Å². The maximum absolute atomic E-state index is 13.1. The minimum Gasteiger partial charge on any atom is -0.381 e. The maximum Gasteiger partial charge on any atom is 0.254 e. The summed E-state index contributed by atoms with van der Waals surface area (Å²) in [6.07, 6.45) is 3.25. The number of nitrogens with zero attached hydrogens (tertiary/aromatic N) is 1. The van der Waals surface area contributed by atoms with Crippen LogP contribution in [0.5, 0.6) is 0 Å². The number of methoxy groups -OCH3 is 1. The van der Waals surface area contributed by atoms with Crippen LogP contribution in [-0.4, -0.2) is 49.3 Å². The molecule has 0 aromatic heterocycles. The second kappa shape index (κ2) is 6.39. The fourth-order valence-electron chi connectivity index (χ4n) is 3.83. The molecule has 3 rings (SSSR count). The molecule has 4 nitrogen and oxygen atoms in total. The molecule has 1 aromatic carbocycles. The lowest BCUT2D eigenvalue weighted by atomic mass is 9.87. The minimum absolute atomic E-state index is 0.138. The summed E-state index contributed by atoms with van der Waals surface area (Å²) in [4.78, 5) is 15.1. The average molecular weight is 303 g/mol. The van der Waals surface area contributed by atoms with Gasteiger partial charge in [-0.3, -0.25) is 4.79 Å². The molecular formula is C18H25NO3. The van der Waals surface area contributed by atoms with Crippen LogP contribution in [0.4, 0.5) is 0 Å². The Kier molecular flexibility index (Phi) is 4.50. The predicted molar refractivity (Wildman–Crippen MR) is 85.1 cm³/mol. The normalized spacial score (nSPS) is 28.3. The maximum atomic E-state index is 13.1. The highest BCUT2D eigenvalue weighted by Gasteiger charge is 2.40. The molecule has 0 radical (unpaired) electrons. The van der Waals surface area contributed by atoms with Crippen molar-refractivity contribution >= 4 is 5.91 Å². The van der Waals surface area contributed by atoms with E-state index in [0.29, 0.717) is 13.2 Å². The molecule has 1 aromatic rings. The number of morpholine rings is 1. The third-order valence-corrected chi connectivity index (χ3v) is 5.06. The highest BCUT2D eigenvalue weighted by molar-refractivity contribution is 5.97. The van der Waals surface area contributed by atoms with Crippen molar-refractivity contribution in [3.63, 3.8) is 0 Å². The molecule has 1 saturated carbocycles. The Hall–Kier alpha value is -1.39. The summed E-state index contributed by atoms with van der Waals surface area (Å²) in [5.74, 6) is 0.144. The summed E-state index contributed by atoms with van der Waals surface area (Å²) in [5.41, 5.74) is 2.95. The number of ether oxygens (including phenoxy) is 2. The molecule has 0 spiro atoms. The minimum atomic E-state index is 0.138. The Balaban J connectivity index is 1.87. The Labute approximate surface area is 132 Å². The molecule has 4 heteroatoms. The van der Waals surface area contributed by atoms with Crippen molar-refractivity contribution in [2.24, 2.45) is 0 Å². The van der Waals surface area contributed by atoms with Crippen LogP contribution >= 0.6 is 0 Å². The SMILES string of the molecule is CO[C@@H]1CC[C@H]2OCCN(C(=O)c3c(C)cccc3C)[C@@H]2C1. The molecule has 1 aliphatic heterocycles. The Morgan fingerprint density at radius 1 is 1.27 bits per heavy atom. The smallest absolute Gasteiger partial charge is 0.254 e. The number of aryl methyl sites for hydroxylation is 2. The van der Waals surface area contributed by atoms with E-state index in [0.717, 1.165) is 36.0 Å². The zero-order valence-electron chi connectivity index (χ0n) is 13.7. The summed E-state index contributed by atoms with van der Waals surface area (Å²) in [5, 5.41) is 0. The van der Waals surface area contributed by atoms with Gasteiger partial charge in [0.05, 0.1) is 24.9 Å². The highest BCUT2D eigenvalue weighted by Crippen LogP contribution is 2.31. The molecule has 0 bridgehead atoms. The van der Waals surface area contributed by atoms with Crippen LogP contribution in [-0.2, 0) is 9.47 Å². The Bertz CT molecular complexity index is 537. The number of hydrogen-bond acceptors (Lipinski definition) is 3. The first kappa shape index (κ1) is 15.5. The van der Waals surface area contributed by atoms with Crippen LogP contribution in [0.15, 0.2) is 18.2 Å². The number of carbonyl (C=O) groups is 1. The van der Waals surface area contributed by atoms with Gasteiger partial charge in [-0.25, -0.2) is 0 Å². The molecular weight excluding hydrogens is 278 g/mol. The number of rotatable bonds is 2. The number of hydrogen-bond donors (Lipinski definition) is 0. The standard InChI is InChI=1S/C18H25NO3/c1-12-5-4-6-13(2)17(12)18(20)19-9-10-22-16-8-7-14(21-3)11-15(16)19/h4-6,14-16H,7-11H2,1-3H3/t14-,15-,16-/m1/s1. The van der Waals surface area contributed by atoms with Crippen molar-refractivity contribution in [2.75, 3.05) is 20.3 Å². The van der Waals surface area contributed by atoms with E-state index in [1.807, 2.05) is 36.9 Å². The monoisotopic (exact) mass is 303 g/mol. The van der Waals surface area contributed by atoms with Gasteiger partial charge in [0.1, 0.15) is 0 Å². The van der Waals surface area contributed by atoms with Crippen LogP contribution in [0, 0.1) is 13.8 Å². The topological polar surface area (TPSA) is 38.8 Å². The Morgan fingerprint density at radius 2 is 2.00 bits per heavy atom. The van der Waals surface area contributed by atoms with Gasteiger partial charge < -0.3 is 14.4 Å². The molecule has 120 valence electrons. The van der Waals surface area contributed by atoms with Crippen LogP contribution in [0.1, 0.15) is 40.7 Å². The summed E-state index contributed by atoms with van der Waals surface area (Å²) in [6.45, 7) is 5.33. The lowest BCUT2D eigenvalue weighted by Crippen LogP contribution is -2.57. The van der Waals surface area contributed by atoms with Crippen molar-refractivity contribution in [2.45, 2.75) is 51.4 Å². The average Bonchev–Trinajstić information content (AvgIpc) is 2.53. The molecule has 2 fully saturated rings. The zero-order valence-corrected chi connectivity index (χ0v) is 13.7. The molecule has 2 aliphatic rings. The number of amides is 1. The summed E-state index contributed by atoms with van der Waals surface area (Å²) in [6, 6.07) is 6.16. The molecule has 0 unspecified atom stereocenters. The third-order valence-electron chi connectivity index (χ3n) is 5.06. The van der Waals surface area contributed by atoms with Crippen molar-refractivity contribution in [3.05, 3.63) is 34.9 Å². The van der Waals surface area contributed by atoms with E-state index in [1.54, 1.807) is 7.11 Å². The second-order valence-electron chi connectivity index (χ2n) is 6.41. The van der Waals surface area contributed by atoms with Gasteiger partial charge in [-0.05, 0) is 44.2 Å². The second-order valence-corrected chi connectivity index (χ2v) is 6.41. The van der Waals surface area contributed by atoms with E-state index >= 15 is 0 Å². The van der Waals surface area contributed by atoms with Gasteiger partial charge in [0.15, 0.2) is 0 Å². The first-order valence-electron chi connectivity index (χ1n) is 8.13. The molecule has 1 aliphatic carbocycles. The van der Waals surface area contributed by atoms with Crippen LogP contribution < -0.4 is 0 Å².